The highest BCUT2D eigenvalue weighted by molar-refractivity contribution is 4.97. The molecule has 0 amide bonds. The predicted molar refractivity (Wildman–Crippen MR) is 119 cm³/mol. The molecular weight excluding hydrogens is 419 g/mol. The van der Waals surface area contributed by atoms with Gasteiger partial charge in [0.2, 0.25) is 0 Å². The Morgan fingerprint density at radius 2 is 0.969 bits per heavy atom. The third-order valence-corrected chi connectivity index (χ3v) is 9.85. The first-order valence-electron chi connectivity index (χ1n) is 13.5. The minimum atomic E-state index is -2.14. The Bertz CT molecular complexity index is 544. The molecule has 5 heteroatoms. The molecule has 0 aromatic carbocycles. The van der Waals surface area contributed by atoms with Crippen LogP contribution in [0.25, 0.3) is 0 Å². The van der Waals surface area contributed by atoms with Gasteiger partial charge in [-0.2, -0.15) is 0 Å². The Kier molecular flexibility index (Phi) is 8.46. The van der Waals surface area contributed by atoms with Gasteiger partial charge in [-0.1, -0.05) is 39.0 Å². The Hall–Kier alpha value is -0.350. The predicted octanol–water partition coefficient (Wildman–Crippen LogP) is 8.53. The largest absolute Gasteiger partial charge is 0.247 e. The van der Waals surface area contributed by atoms with Crippen LogP contribution in [0.5, 0.6) is 0 Å². The summed E-state index contributed by atoms with van der Waals surface area (Å²) in [6, 6.07) is 0. The molecule has 0 heterocycles. The second kappa shape index (κ2) is 10.9. The van der Waals surface area contributed by atoms with E-state index >= 15 is 0 Å². The van der Waals surface area contributed by atoms with Crippen LogP contribution in [-0.4, -0.2) is 30.9 Å². The van der Waals surface area contributed by atoms with Gasteiger partial charge in [0, 0.05) is 5.92 Å². The quantitative estimate of drug-likeness (QED) is 0.359. The van der Waals surface area contributed by atoms with E-state index in [-0.39, 0.29) is 18.8 Å². The first kappa shape index (κ1) is 24.8. The average Bonchev–Trinajstić information content (AvgIpc) is 2.76. The van der Waals surface area contributed by atoms with E-state index in [1.165, 1.54) is 51.4 Å². The zero-order chi connectivity index (χ0) is 22.8. The van der Waals surface area contributed by atoms with Crippen molar-refractivity contribution in [3.63, 3.8) is 0 Å². The van der Waals surface area contributed by atoms with E-state index in [0.29, 0.717) is 18.8 Å². The molecule has 0 aromatic heterocycles. The van der Waals surface area contributed by atoms with Crippen LogP contribution in [-0.2, 0) is 0 Å². The fourth-order valence-corrected chi connectivity index (χ4v) is 7.75. The summed E-state index contributed by atoms with van der Waals surface area (Å²) in [6.07, 6.45) is 3.97. The molecular formula is C27H43F5. The maximum Gasteiger partial charge on any atom is 0.162 e. The van der Waals surface area contributed by atoms with Crippen molar-refractivity contribution in [3.8, 4) is 0 Å². The number of hydrogen-bond donors (Lipinski definition) is 0. The summed E-state index contributed by atoms with van der Waals surface area (Å²) < 4.78 is 71.0. The summed E-state index contributed by atoms with van der Waals surface area (Å²) in [5, 5.41) is 0. The summed E-state index contributed by atoms with van der Waals surface area (Å²) in [5.41, 5.74) is 0. The van der Waals surface area contributed by atoms with Crippen LogP contribution in [0.15, 0.2) is 0 Å². The van der Waals surface area contributed by atoms with E-state index < -0.39 is 42.7 Å². The molecule has 0 N–H and O–H groups in total. The van der Waals surface area contributed by atoms with E-state index in [1.54, 1.807) is 0 Å². The van der Waals surface area contributed by atoms with Gasteiger partial charge in [-0.3, -0.25) is 0 Å². The van der Waals surface area contributed by atoms with Gasteiger partial charge in [-0.05, 0) is 93.3 Å². The van der Waals surface area contributed by atoms with Crippen molar-refractivity contribution in [1.29, 1.82) is 0 Å². The van der Waals surface area contributed by atoms with Crippen LogP contribution in [0.4, 0.5) is 22.0 Å². The van der Waals surface area contributed by atoms with E-state index in [0.717, 1.165) is 30.6 Å². The van der Waals surface area contributed by atoms with E-state index in [4.69, 9.17) is 0 Å². The smallest absolute Gasteiger partial charge is 0.162 e. The molecule has 4 aliphatic rings. The Labute approximate surface area is 191 Å². The Balaban J connectivity index is 1.19. The molecule has 0 bridgehead atoms. The van der Waals surface area contributed by atoms with Gasteiger partial charge >= 0.3 is 0 Å². The van der Waals surface area contributed by atoms with Gasteiger partial charge in [-0.15, -0.1) is 0 Å². The highest BCUT2D eigenvalue weighted by Crippen LogP contribution is 2.47. The lowest BCUT2D eigenvalue weighted by Gasteiger charge is -2.42. The molecule has 0 nitrogen and oxygen atoms in total. The highest BCUT2D eigenvalue weighted by Gasteiger charge is 2.48. The van der Waals surface area contributed by atoms with Gasteiger partial charge in [0.25, 0.3) is 0 Å². The van der Waals surface area contributed by atoms with Crippen molar-refractivity contribution in [2.24, 2.45) is 41.4 Å². The second-order valence-corrected chi connectivity index (χ2v) is 12.0. The first-order valence-corrected chi connectivity index (χ1v) is 13.5. The molecule has 32 heavy (non-hydrogen) atoms. The van der Waals surface area contributed by atoms with Gasteiger partial charge in [0.05, 0.1) is 0 Å². The molecule has 0 spiro atoms. The molecule has 4 unspecified atom stereocenters. The fraction of sp³-hybridized carbons (Fsp3) is 1.00. The summed E-state index contributed by atoms with van der Waals surface area (Å²) in [5.74, 6) is 1.71. The summed E-state index contributed by atoms with van der Waals surface area (Å²) in [6.45, 7) is 2.37. The number of halogens is 5. The topological polar surface area (TPSA) is 0 Å². The molecule has 4 aliphatic carbocycles. The minimum Gasteiger partial charge on any atom is -0.247 e. The van der Waals surface area contributed by atoms with Crippen molar-refractivity contribution in [2.75, 3.05) is 0 Å². The fourth-order valence-electron chi connectivity index (χ4n) is 7.75. The molecule has 0 aromatic rings. The van der Waals surface area contributed by atoms with E-state index in [1.807, 2.05) is 0 Å². The summed E-state index contributed by atoms with van der Waals surface area (Å²) >= 11 is 0. The van der Waals surface area contributed by atoms with Gasteiger partial charge in [-0.25, -0.2) is 22.0 Å². The summed E-state index contributed by atoms with van der Waals surface area (Å²) in [4.78, 5) is 0. The number of hydrogen-bond acceptors (Lipinski definition) is 0. The third kappa shape index (κ3) is 5.82. The van der Waals surface area contributed by atoms with Crippen LogP contribution in [0.3, 0.4) is 0 Å². The van der Waals surface area contributed by atoms with Gasteiger partial charge in [0.15, 0.2) is 6.17 Å². The Morgan fingerprint density at radius 3 is 1.50 bits per heavy atom. The Morgan fingerprint density at radius 1 is 0.500 bits per heavy atom. The third-order valence-electron chi connectivity index (χ3n) is 9.85. The van der Waals surface area contributed by atoms with Crippen LogP contribution in [0, 0.1) is 41.4 Å². The van der Waals surface area contributed by atoms with Crippen LogP contribution in [0.1, 0.15) is 96.8 Å². The van der Waals surface area contributed by atoms with Crippen molar-refractivity contribution in [3.05, 3.63) is 0 Å². The maximum absolute atomic E-state index is 15.0. The summed E-state index contributed by atoms with van der Waals surface area (Å²) in [7, 11) is 0. The lowest BCUT2D eigenvalue weighted by molar-refractivity contribution is -0.0519. The number of rotatable bonds is 5. The van der Waals surface area contributed by atoms with Crippen molar-refractivity contribution in [2.45, 2.75) is 128 Å². The van der Waals surface area contributed by atoms with Crippen molar-refractivity contribution < 1.29 is 22.0 Å². The molecule has 4 saturated carbocycles. The zero-order valence-electron chi connectivity index (χ0n) is 19.7. The zero-order valence-corrected chi connectivity index (χ0v) is 19.7. The minimum absolute atomic E-state index is 0.0219. The second-order valence-electron chi connectivity index (χ2n) is 12.0. The van der Waals surface area contributed by atoms with Gasteiger partial charge in [0.1, 0.15) is 24.7 Å². The SMILES string of the molecule is CC1CCC(C2CCC(CCC3CC(F)C(C4CC(F)C(F)C(F)C4)C(F)C3)CC2)CC1. The normalized spacial score (nSPS) is 50.8. The highest BCUT2D eigenvalue weighted by atomic mass is 19.2. The van der Waals surface area contributed by atoms with E-state index in [9.17, 15) is 22.0 Å². The van der Waals surface area contributed by atoms with Crippen LogP contribution >= 0.6 is 0 Å². The standard InChI is InChI=1S/C27H43F5/c1-16-2-8-19(9-3-16)20-10-6-17(7-11-20)4-5-18-12-22(28)26(23(29)13-18)21-14-24(30)27(32)25(31)15-21/h16-27H,2-15H2,1H3. The van der Waals surface area contributed by atoms with Crippen molar-refractivity contribution in [1.82, 2.24) is 0 Å². The number of alkyl halides is 5. The maximum atomic E-state index is 15.0. The molecule has 0 radical (unpaired) electrons. The van der Waals surface area contributed by atoms with Gasteiger partial charge < -0.3 is 0 Å². The molecule has 0 aliphatic heterocycles. The van der Waals surface area contributed by atoms with Crippen LogP contribution < -0.4 is 0 Å². The average molecular weight is 463 g/mol. The molecule has 186 valence electrons. The van der Waals surface area contributed by atoms with Crippen LogP contribution in [0.2, 0.25) is 0 Å². The molecule has 0 saturated heterocycles. The lowest BCUT2D eigenvalue weighted by Crippen LogP contribution is -2.46. The van der Waals surface area contributed by atoms with Crippen molar-refractivity contribution >= 4 is 0 Å². The molecule has 4 rings (SSSR count). The first-order chi connectivity index (χ1) is 15.3. The van der Waals surface area contributed by atoms with E-state index in [2.05, 4.69) is 6.92 Å². The monoisotopic (exact) mass is 462 g/mol. The lowest BCUT2D eigenvalue weighted by atomic mass is 9.66. The molecule has 4 fully saturated rings. The molecule has 4 atom stereocenters.